The van der Waals surface area contributed by atoms with E-state index in [1.807, 2.05) is 6.08 Å². The third-order valence-electron chi connectivity index (χ3n) is 6.98. The van der Waals surface area contributed by atoms with E-state index in [-0.39, 0.29) is 36.8 Å². The zero-order chi connectivity index (χ0) is 24.6. The highest BCUT2D eigenvalue weighted by atomic mass is 19.3. The van der Waals surface area contributed by atoms with Crippen LogP contribution >= 0.6 is 0 Å². The number of hydrogen-bond acceptors (Lipinski definition) is 1. The number of ether oxygens (including phenoxy) is 1. The van der Waals surface area contributed by atoms with Gasteiger partial charge >= 0.3 is 6.11 Å². The van der Waals surface area contributed by atoms with Crippen molar-refractivity contribution in [1.29, 1.82) is 0 Å². The van der Waals surface area contributed by atoms with Crippen molar-refractivity contribution in [2.45, 2.75) is 63.9 Å². The van der Waals surface area contributed by atoms with Crippen LogP contribution in [0.15, 0.2) is 30.3 Å². The Kier molecular flexibility index (Phi) is 6.97. The highest BCUT2D eigenvalue weighted by molar-refractivity contribution is 5.67. The molecule has 0 bridgehead atoms. The van der Waals surface area contributed by atoms with Crippen molar-refractivity contribution in [2.75, 3.05) is 0 Å². The summed E-state index contributed by atoms with van der Waals surface area (Å²) in [7, 11) is 0. The second-order valence-electron chi connectivity index (χ2n) is 9.35. The van der Waals surface area contributed by atoms with E-state index >= 15 is 0 Å². The molecule has 0 spiro atoms. The number of allylic oxidation sites excluding steroid dienone is 2. The van der Waals surface area contributed by atoms with Crippen molar-refractivity contribution >= 4 is 5.57 Å². The highest BCUT2D eigenvalue weighted by Crippen LogP contribution is 2.44. The Hall–Kier alpha value is -2.51. The average Bonchev–Trinajstić information content (AvgIpc) is 2.80. The Balaban J connectivity index is 1.44. The van der Waals surface area contributed by atoms with Crippen LogP contribution in [0.1, 0.15) is 68.9 Å². The molecule has 0 aromatic heterocycles. The van der Waals surface area contributed by atoms with Crippen LogP contribution in [0.25, 0.3) is 5.57 Å². The van der Waals surface area contributed by atoms with E-state index in [1.54, 1.807) is 6.07 Å². The molecule has 1 fully saturated rings. The first-order valence-corrected chi connectivity index (χ1v) is 11.5. The van der Waals surface area contributed by atoms with E-state index in [9.17, 15) is 30.7 Å². The van der Waals surface area contributed by atoms with E-state index in [0.717, 1.165) is 18.4 Å². The van der Waals surface area contributed by atoms with Crippen molar-refractivity contribution in [2.24, 2.45) is 11.8 Å². The lowest BCUT2D eigenvalue weighted by Gasteiger charge is -2.33. The molecule has 0 radical (unpaired) electrons. The number of hydrogen-bond donors (Lipinski definition) is 0. The summed E-state index contributed by atoms with van der Waals surface area (Å²) in [6, 6.07) is 3.83. The molecule has 4 rings (SSSR count). The van der Waals surface area contributed by atoms with Crippen LogP contribution in [0.4, 0.5) is 30.7 Å². The van der Waals surface area contributed by atoms with Gasteiger partial charge in [-0.25, -0.2) is 22.0 Å². The Morgan fingerprint density at radius 2 is 1.47 bits per heavy atom. The van der Waals surface area contributed by atoms with Crippen LogP contribution in [0, 0.1) is 40.9 Å². The first-order chi connectivity index (χ1) is 16.1. The van der Waals surface area contributed by atoms with Gasteiger partial charge in [0, 0.05) is 17.7 Å². The maximum Gasteiger partial charge on any atom is 0.400 e. The number of halogens is 7. The van der Waals surface area contributed by atoms with Crippen molar-refractivity contribution in [3.05, 3.63) is 70.6 Å². The summed E-state index contributed by atoms with van der Waals surface area (Å²) in [5.74, 6) is -8.92. The normalized spacial score (nSPS) is 23.5. The highest BCUT2D eigenvalue weighted by Gasteiger charge is 2.44. The van der Waals surface area contributed by atoms with Crippen LogP contribution in [0.3, 0.4) is 0 Å². The van der Waals surface area contributed by atoms with Crippen LogP contribution in [0.2, 0.25) is 0 Å². The second-order valence-corrected chi connectivity index (χ2v) is 9.35. The molecule has 8 heteroatoms. The van der Waals surface area contributed by atoms with Gasteiger partial charge in [-0.3, -0.25) is 0 Å². The molecule has 2 aliphatic rings. The first kappa shape index (κ1) is 24.6. The fourth-order valence-corrected chi connectivity index (χ4v) is 4.91. The minimum Gasteiger partial charge on any atom is -0.432 e. The fourth-order valence-electron chi connectivity index (χ4n) is 4.91. The Morgan fingerprint density at radius 3 is 2.06 bits per heavy atom. The monoisotopic (exact) mass is 486 g/mol. The minimum absolute atomic E-state index is 0.0598. The number of alkyl halides is 2. The van der Waals surface area contributed by atoms with Gasteiger partial charge in [-0.1, -0.05) is 25.1 Å². The number of benzene rings is 2. The van der Waals surface area contributed by atoms with Crippen molar-refractivity contribution in [3.63, 3.8) is 0 Å². The molecule has 1 nitrogen and oxygen atoms in total. The maximum absolute atomic E-state index is 14.9. The van der Waals surface area contributed by atoms with Gasteiger partial charge < -0.3 is 4.74 Å². The van der Waals surface area contributed by atoms with Gasteiger partial charge in [-0.15, -0.1) is 0 Å². The molecule has 184 valence electrons. The van der Waals surface area contributed by atoms with Crippen LogP contribution < -0.4 is 4.74 Å². The van der Waals surface area contributed by atoms with Crippen LogP contribution in [-0.2, 0) is 0 Å². The number of rotatable bonds is 5. The first-order valence-electron chi connectivity index (χ1n) is 11.5. The van der Waals surface area contributed by atoms with Crippen molar-refractivity contribution in [1.82, 2.24) is 0 Å². The van der Waals surface area contributed by atoms with E-state index in [4.69, 9.17) is 0 Å². The molecule has 0 heterocycles. The van der Waals surface area contributed by atoms with Crippen LogP contribution in [-0.4, -0.2) is 6.11 Å². The fraction of sp³-hybridized carbons (Fsp3) is 0.462. The summed E-state index contributed by atoms with van der Waals surface area (Å²) in [6.45, 7) is 2.11. The zero-order valence-corrected chi connectivity index (χ0v) is 18.6. The molecule has 0 N–H and O–H groups in total. The van der Waals surface area contributed by atoms with E-state index in [2.05, 4.69) is 11.7 Å². The summed E-state index contributed by atoms with van der Waals surface area (Å²) in [6.07, 6.45) is 0.807. The smallest absolute Gasteiger partial charge is 0.400 e. The molecule has 1 unspecified atom stereocenters. The van der Waals surface area contributed by atoms with Gasteiger partial charge in [-0.05, 0) is 67.9 Å². The summed E-state index contributed by atoms with van der Waals surface area (Å²) in [4.78, 5) is 0. The zero-order valence-electron chi connectivity index (χ0n) is 18.6. The average molecular weight is 486 g/mol. The molecular formula is C26H25F7O. The van der Waals surface area contributed by atoms with Gasteiger partial charge in [0.2, 0.25) is 0 Å². The van der Waals surface area contributed by atoms with Gasteiger partial charge in [0.05, 0.1) is 5.92 Å². The molecule has 0 saturated heterocycles. The second kappa shape index (κ2) is 9.62. The van der Waals surface area contributed by atoms with E-state index in [1.165, 1.54) is 6.07 Å². The maximum atomic E-state index is 14.9. The lowest BCUT2D eigenvalue weighted by Crippen LogP contribution is -2.37. The Morgan fingerprint density at radius 1 is 0.824 bits per heavy atom. The molecule has 2 aromatic rings. The van der Waals surface area contributed by atoms with Crippen molar-refractivity contribution < 1.29 is 35.5 Å². The molecule has 1 atom stereocenters. The molecule has 2 aromatic carbocycles. The lowest BCUT2D eigenvalue weighted by atomic mass is 9.77. The van der Waals surface area contributed by atoms with Gasteiger partial charge in [0.1, 0.15) is 5.75 Å². The predicted molar refractivity (Wildman–Crippen MR) is 114 cm³/mol. The van der Waals surface area contributed by atoms with Gasteiger partial charge in [-0.2, -0.15) is 8.78 Å². The topological polar surface area (TPSA) is 9.23 Å². The van der Waals surface area contributed by atoms with Crippen LogP contribution in [0.5, 0.6) is 5.75 Å². The Bertz CT molecular complexity index is 1060. The third kappa shape index (κ3) is 4.96. The summed E-state index contributed by atoms with van der Waals surface area (Å²) in [5, 5.41) is 0. The van der Waals surface area contributed by atoms with E-state index in [0.29, 0.717) is 24.5 Å². The molecule has 0 amide bonds. The van der Waals surface area contributed by atoms with E-state index < -0.39 is 52.8 Å². The predicted octanol–water partition coefficient (Wildman–Crippen LogP) is 8.53. The molecule has 0 aliphatic heterocycles. The standard InChI is InChI=1S/C26H25F7O/c1-14-2-4-15(5-3-14)19-10-11-20(24(30)23(19)29)16-6-8-17(9-7-16)26(32,33)34-18-12-21(27)25(31)22(28)13-18/h4,10-14,16-17H,2-3,5-9H2,1H3. The van der Waals surface area contributed by atoms with Gasteiger partial charge in [0.25, 0.3) is 0 Å². The minimum atomic E-state index is -3.76. The summed E-state index contributed by atoms with van der Waals surface area (Å²) < 4.78 is 103. The van der Waals surface area contributed by atoms with Crippen molar-refractivity contribution in [3.8, 4) is 5.75 Å². The molecule has 34 heavy (non-hydrogen) atoms. The summed E-state index contributed by atoms with van der Waals surface area (Å²) >= 11 is 0. The largest absolute Gasteiger partial charge is 0.432 e. The summed E-state index contributed by atoms with van der Waals surface area (Å²) in [5.41, 5.74) is 1.20. The van der Waals surface area contributed by atoms with Gasteiger partial charge in [0.15, 0.2) is 29.1 Å². The third-order valence-corrected chi connectivity index (χ3v) is 6.98. The molecule has 1 saturated carbocycles. The quantitative estimate of drug-likeness (QED) is 0.304. The SMILES string of the molecule is CC1CC=C(c2ccc(C3CCC(C(F)(F)Oc4cc(F)c(F)c(F)c4)CC3)c(F)c2F)CC1. The molecule has 2 aliphatic carbocycles. The molecular weight excluding hydrogens is 461 g/mol. The Labute approximate surface area is 193 Å². The lowest BCUT2D eigenvalue weighted by molar-refractivity contribution is -0.222.